The lowest BCUT2D eigenvalue weighted by Crippen LogP contribution is -2.31. The minimum Gasteiger partial charge on any atom is -0.347 e. The van der Waals surface area contributed by atoms with Gasteiger partial charge in [-0.15, -0.1) is 0 Å². The zero-order chi connectivity index (χ0) is 7.82. The van der Waals surface area contributed by atoms with Crippen molar-refractivity contribution in [2.75, 3.05) is 26.2 Å². The first-order valence-corrected chi connectivity index (χ1v) is 3.67. The monoisotopic (exact) mass is 143 g/mol. The Balaban J connectivity index is 3.16. The van der Waals surface area contributed by atoms with E-state index in [4.69, 9.17) is 0 Å². The summed E-state index contributed by atoms with van der Waals surface area (Å²) >= 11 is 0. The van der Waals surface area contributed by atoms with Crippen molar-refractivity contribution >= 4 is 6.41 Å². The third kappa shape index (κ3) is 4.32. The summed E-state index contributed by atoms with van der Waals surface area (Å²) < 4.78 is 0. The number of carbonyl (C=O) groups excluding carboxylic acids is 1. The molecular weight excluding hydrogens is 128 g/mol. The van der Waals surface area contributed by atoms with Crippen LogP contribution in [0.4, 0.5) is 0 Å². The number of likely N-dealkylation sites (N-methyl/N-ethyl adjacent to an activating group) is 1. The van der Waals surface area contributed by atoms with E-state index in [-0.39, 0.29) is 0 Å². The van der Waals surface area contributed by atoms with Gasteiger partial charge in [-0.25, -0.2) is 0 Å². The van der Waals surface area contributed by atoms with E-state index in [2.05, 4.69) is 24.1 Å². The van der Waals surface area contributed by atoms with E-state index in [1.54, 1.807) is 6.41 Å². The second-order valence-corrected chi connectivity index (χ2v) is 2.06. The molecule has 0 atom stereocenters. The fraction of sp³-hybridized carbons (Fsp3) is 0.857. The molecule has 0 saturated carbocycles. The van der Waals surface area contributed by atoms with E-state index in [0.717, 1.165) is 19.6 Å². The first-order valence-electron chi connectivity index (χ1n) is 3.67. The van der Waals surface area contributed by atoms with Crippen molar-refractivity contribution in [2.24, 2.45) is 0 Å². The topological polar surface area (TPSA) is 32.3 Å². The number of hydrogen-bond donors (Lipinski definition) is 1. The number of rotatable bonds is 6. The quantitative estimate of drug-likeness (QED) is 0.419. The average molecular weight is 143 g/mol. The lowest BCUT2D eigenvalue weighted by atomic mass is 10.5. The highest BCUT2D eigenvalue weighted by Gasteiger charge is 1.95. The molecule has 3 heteroatoms. The van der Waals surface area contributed by atoms with Gasteiger partial charge in [0.05, 0.1) is 0 Å². The van der Waals surface area contributed by atoms with E-state index >= 15 is 0 Å². The van der Waals surface area contributed by atoms with Crippen molar-refractivity contribution in [3.63, 3.8) is 0 Å². The van der Waals surface area contributed by atoms with Crippen molar-refractivity contribution in [3.8, 4) is 0 Å². The molecule has 0 spiro atoms. The van der Waals surface area contributed by atoms with Gasteiger partial charge < -0.3 is 10.2 Å². The summed E-state index contributed by atoms with van der Waals surface area (Å²) in [5.41, 5.74) is 0. The molecule has 0 fully saturated rings. The highest BCUT2D eigenvalue weighted by atomic mass is 16.1. The molecule has 0 unspecified atom stereocenters. The van der Waals surface area contributed by atoms with Crippen LogP contribution in [0.1, 0.15) is 13.8 Å². The summed E-state index contributed by atoms with van der Waals surface area (Å²) in [5, 5.41) is 2.50. The Morgan fingerprint density at radius 2 is 2.00 bits per heavy atom. The zero-order valence-electron chi connectivity index (χ0n) is 6.68. The van der Waals surface area contributed by atoms with Gasteiger partial charge in [0.25, 0.3) is 0 Å². The fourth-order valence-corrected chi connectivity index (χ4v) is 0.805. The maximum absolute atomic E-state index is 9.71. The van der Waals surface area contributed by atoms with Crippen LogP contribution < -0.4 is 5.32 Å². The molecular formula is C7H15N2O. The second kappa shape index (κ2) is 6.55. The summed E-state index contributed by atoms with van der Waals surface area (Å²) in [4.78, 5) is 11.9. The number of hydrogen-bond acceptors (Lipinski definition) is 2. The van der Waals surface area contributed by atoms with Crippen LogP contribution in [-0.4, -0.2) is 37.5 Å². The predicted molar refractivity (Wildman–Crippen MR) is 41.5 cm³/mol. The molecule has 0 bridgehead atoms. The Morgan fingerprint density at radius 3 is 2.40 bits per heavy atom. The minimum atomic E-state index is 0.700. The lowest BCUT2D eigenvalue weighted by molar-refractivity contribution is 0.308. The molecule has 1 radical (unpaired) electrons. The zero-order valence-corrected chi connectivity index (χ0v) is 6.68. The second-order valence-electron chi connectivity index (χ2n) is 2.06. The van der Waals surface area contributed by atoms with Crippen molar-refractivity contribution in [3.05, 3.63) is 0 Å². The van der Waals surface area contributed by atoms with Crippen LogP contribution in [0.5, 0.6) is 0 Å². The maximum Gasteiger partial charge on any atom is 0.309 e. The average Bonchev–Trinajstić information content (AvgIpc) is 1.99. The molecule has 0 aromatic heterocycles. The maximum atomic E-state index is 9.71. The Labute approximate surface area is 62.4 Å². The van der Waals surface area contributed by atoms with Crippen molar-refractivity contribution in [2.45, 2.75) is 13.8 Å². The molecule has 0 aliphatic carbocycles. The van der Waals surface area contributed by atoms with Gasteiger partial charge >= 0.3 is 6.41 Å². The summed E-state index contributed by atoms with van der Waals surface area (Å²) in [7, 11) is 0. The smallest absolute Gasteiger partial charge is 0.309 e. The van der Waals surface area contributed by atoms with Gasteiger partial charge in [0, 0.05) is 13.1 Å². The van der Waals surface area contributed by atoms with Crippen LogP contribution in [0.3, 0.4) is 0 Å². The molecule has 0 aromatic carbocycles. The Bertz CT molecular complexity index is 81.7. The van der Waals surface area contributed by atoms with Crippen molar-refractivity contribution in [1.82, 2.24) is 10.2 Å². The van der Waals surface area contributed by atoms with Crippen molar-refractivity contribution < 1.29 is 4.79 Å². The molecule has 0 aromatic rings. The fourth-order valence-electron chi connectivity index (χ4n) is 0.805. The van der Waals surface area contributed by atoms with Crippen LogP contribution >= 0.6 is 0 Å². The van der Waals surface area contributed by atoms with E-state index in [1.165, 1.54) is 0 Å². The highest BCUT2D eigenvalue weighted by Crippen LogP contribution is 1.82. The molecule has 0 heterocycles. The number of amides is 1. The first kappa shape index (κ1) is 9.43. The molecule has 0 aliphatic rings. The highest BCUT2D eigenvalue weighted by molar-refractivity contribution is 5.46. The van der Waals surface area contributed by atoms with Crippen LogP contribution in [0, 0.1) is 0 Å². The Hall–Kier alpha value is -0.570. The third-order valence-corrected chi connectivity index (χ3v) is 1.52. The van der Waals surface area contributed by atoms with Crippen LogP contribution in [-0.2, 0) is 4.79 Å². The third-order valence-electron chi connectivity index (χ3n) is 1.52. The summed E-state index contributed by atoms with van der Waals surface area (Å²) in [6.07, 6.45) is 1.64. The van der Waals surface area contributed by atoms with Gasteiger partial charge in [-0.3, -0.25) is 4.79 Å². The van der Waals surface area contributed by atoms with E-state index < -0.39 is 0 Å². The molecule has 1 amide bonds. The Kier molecular flexibility index (Phi) is 6.18. The molecule has 10 heavy (non-hydrogen) atoms. The Morgan fingerprint density at radius 1 is 1.40 bits per heavy atom. The SMILES string of the molecule is CCN(CC)CCN[C]=O. The summed E-state index contributed by atoms with van der Waals surface area (Å²) in [5.74, 6) is 0. The summed E-state index contributed by atoms with van der Waals surface area (Å²) in [6.45, 7) is 7.91. The van der Waals surface area contributed by atoms with Gasteiger partial charge in [0.2, 0.25) is 0 Å². The molecule has 0 saturated heterocycles. The van der Waals surface area contributed by atoms with Gasteiger partial charge in [-0.1, -0.05) is 13.8 Å². The van der Waals surface area contributed by atoms with E-state index in [9.17, 15) is 4.79 Å². The lowest BCUT2D eigenvalue weighted by Gasteiger charge is -2.16. The molecule has 0 rings (SSSR count). The largest absolute Gasteiger partial charge is 0.347 e. The normalized spacial score (nSPS) is 9.90. The van der Waals surface area contributed by atoms with Gasteiger partial charge in [0.15, 0.2) is 0 Å². The van der Waals surface area contributed by atoms with E-state index in [1.807, 2.05) is 0 Å². The van der Waals surface area contributed by atoms with Crippen LogP contribution in [0.15, 0.2) is 0 Å². The van der Waals surface area contributed by atoms with Crippen molar-refractivity contribution in [1.29, 1.82) is 0 Å². The molecule has 0 aliphatic heterocycles. The first-order chi connectivity index (χ1) is 4.85. The minimum absolute atomic E-state index is 0.700. The standard InChI is InChI=1S/C7H15N2O/c1-3-9(4-2)6-5-8-7-10/h3-6H2,1-2H3,(H,8,10). The van der Waals surface area contributed by atoms with Gasteiger partial charge in [-0.05, 0) is 13.1 Å². The number of nitrogens with zero attached hydrogens (tertiary/aromatic N) is 1. The van der Waals surface area contributed by atoms with Gasteiger partial charge in [0.1, 0.15) is 0 Å². The molecule has 1 N–H and O–H groups in total. The molecule has 3 nitrogen and oxygen atoms in total. The molecule has 59 valence electrons. The van der Waals surface area contributed by atoms with Crippen LogP contribution in [0.2, 0.25) is 0 Å². The predicted octanol–water partition coefficient (Wildman–Crippen LogP) is -0.0150. The summed E-state index contributed by atoms with van der Waals surface area (Å²) in [6, 6.07) is 0. The van der Waals surface area contributed by atoms with Gasteiger partial charge in [-0.2, -0.15) is 0 Å². The van der Waals surface area contributed by atoms with E-state index in [0.29, 0.717) is 6.54 Å². The van der Waals surface area contributed by atoms with Crippen LogP contribution in [0.25, 0.3) is 0 Å². The number of nitrogens with one attached hydrogen (secondary N) is 1.